The van der Waals surface area contributed by atoms with Gasteiger partial charge in [-0.3, -0.25) is 14.9 Å². The molecule has 0 atom stereocenters. The number of hydrogen-bond donors (Lipinski definition) is 2. The maximum Gasteiger partial charge on any atom is 0.416 e. The summed E-state index contributed by atoms with van der Waals surface area (Å²) in [5.41, 5.74) is 0.104. The zero-order chi connectivity index (χ0) is 17.3. The largest absolute Gasteiger partial charge is 0.416 e. The van der Waals surface area contributed by atoms with Gasteiger partial charge in [-0.05, 0) is 41.6 Å². The summed E-state index contributed by atoms with van der Waals surface area (Å²) < 4.78 is 39.0. The van der Waals surface area contributed by atoms with Gasteiger partial charge in [0.1, 0.15) is 0 Å². The number of piperazine rings is 1. The molecule has 2 N–H and O–H groups in total. The lowest BCUT2D eigenvalue weighted by Crippen LogP contribution is -2.43. The summed E-state index contributed by atoms with van der Waals surface area (Å²) in [4.78, 5) is 25.0. The van der Waals surface area contributed by atoms with E-state index in [0.29, 0.717) is 30.5 Å². The van der Waals surface area contributed by atoms with E-state index in [2.05, 4.69) is 10.6 Å². The Balaban J connectivity index is 2.04. The molecule has 0 radical (unpaired) electrons. The van der Waals surface area contributed by atoms with Crippen molar-refractivity contribution >= 4 is 34.7 Å². The second kappa shape index (κ2) is 6.48. The van der Waals surface area contributed by atoms with E-state index < -0.39 is 22.9 Å². The van der Waals surface area contributed by atoms with E-state index in [1.165, 1.54) is 12.1 Å². The highest BCUT2D eigenvalue weighted by atomic mass is 32.2. The third-order valence-electron chi connectivity index (χ3n) is 3.74. The van der Waals surface area contributed by atoms with Crippen molar-refractivity contribution in [3.8, 4) is 0 Å². The average Bonchev–Trinajstić information content (AvgIpc) is 2.85. The van der Waals surface area contributed by atoms with E-state index in [0.717, 1.165) is 25.2 Å². The van der Waals surface area contributed by atoms with E-state index in [4.69, 9.17) is 0 Å². The first-order valence-electron chi connectivity index (χ1n) is 7.26. The smallest absolute Gasteiger partial charge is 0.369 e. The molecule has 5 nitrogen and oxygen atoms in total. The number of thioether (sulfide) groups is 1. The van der Waals surface area contributed by atoms with Crippen molar-refractivity contribution in [2.75, 3.05) is 31.1 Å². The van der Waals surface area contributed by atoms with Crippen molar-refractivity contribution in [2.45, 2.75) is 6.18 Å². The van der Waals surface area contributed by atoms with Gasteiger partial charge in [0, 0.05) is 31.9 Å². The lowest BCUT2D eigenvalue weighted by Gasteiger charge is -2.31. The summed E-state index contributed by atoms with van der Waals surface area (Å²) in [6.45, 7) is 2.76. The van der Waals surface area contributed by atoms with E-state index >= 15 is 0 Å². The maximum absolute atomic E-state index is 13.0. The molecule has 0 aliphatic carbocycles. The van der Waals surface area contributed by atoms with Crippen LogP contribution in [0.3, 0.4) is 0 Å². The van der Waals surface area contributed by atoms with Gasteiger partial charge in [-0.2, -0.15) is 13.2 Å². The van der Waals surface area contributed by atoms with Crippen molar-refractivity contribution in [3.05, 3.63) is 34.2 Å². The predicted molar refractivity (Wildman–Crippen MR) is 85.6 cm³/mol. The molecule has 1 aromatic carbocycles. The first-order chi connectivity index (χ1) is 11.3. The predicted octanol–water partition coefficient (Wildman–Crippen LogP) is 2.44. The number of amides is 2. The Morgan fingerprint density at radius 1 is 1.17 bits per heavy atom. The molecule has 2 aliphatic rings. The standard InChI is InChI=1S/C15H14F3N3O2S/c16-15(17,18)10-1-2-11(21-5-3-19-4-6-21)9(7-10)8-12-13(22)20-14(23)24-12/h1-2,7-8,19H,3-6H2,(H,20,22,23)/b12-8+. The third-order valence-corrected chi connectivity index (χ3v) is 4.55. The molecule has 0 aromatic heterocycles. The van der Waals surface area contributed by atoms with Crippen LogP contribution in [0.1, 0.15) is 11.1 Å². The molecular formula is C15H14F3N3O2S. The number of imide groups is 1. The summed E-state index contributed by atoms with van der Waals surface area (Å²) in [6, 6.07) is 3.47. The highest BCUT2D eigenvalue weighted by molar-refractivity contribution is 8.18. The summed E-state index contributed by atoms with van der Waals surface area (Å²) in [7, 11) is 0. The first kappa shape index (κ1) is 16.8. The minimum Gasteiger partial charge on any atom is -0.369 e. The second-order valence-corrected chi connectivity index (χ2v) is 6.38. The third kappa shape index (κ3) is 3.57. The molecule has 3 rings (SSSR count). The normalized spacial score (nSPS) is 20.6. The molecule has 2 heterocycles. The Hall–Kier alpha value is -2.00. The van der Waals surface area contributed by atoms with Crippen LogP contribution < -0.4 is 15.5 Å². The molecule has 0 bridgehead atoms. The van der Waals surface area contributed by atoms with Gasteiger partial charge in [0.05, 0.1) is 10.5 Å². The lowest BCUT2D eigenvalue weighted by atomic mass is 10.1. The van der Waals surface area contributed by atoms with Crippen LogP contribution in [0.2, 0.25) is 0 Å². The number of benzene rings is 1. The van der Waals surface area contributed by atoms with E-state index in [1.807, 2.05) is 4.90 Å². The Morgan fingerprint density at radius 2 is 1.88 bits per heavy atom. The van der Waals surface area contributed by atoms with Gasteiger partial charge in [-0.25, -0.2) is 0 Å². The van der Waals surface area contributed by atoms with Gasteiger partial charge < -0.3 is 10.2 Å². The van der Waals surface area contributed by atoms with Crippen molar-refractivity contribution in [1.29, 1.82) is 0 Å². The summed E-state index contributed by atoms with van der Waals surface area (Å²) in [6.07, 6.45) is -3.13. The maximum atomic E-state index is 13.0. The molecule has 2 fully saturated rings. The molecule has 0 saturated carbocycles. The minimum atomic E-state index is -4.48. The van der Waals surface area contributed by atoms with Crippen molar-refractivity contribution in [1.82, 2.24) is 10.6 Å². The molecule has 0 spiro atoms. The van der Waals surface area contributed by atoms with Gasteiger partial charge in [0.15, 0.2) is 0 Å². The van der Waals surface area contributed by atoms with Gasteiger partial charge in [-0.15, -0.1) is 0 Å². The van der Waals surface area contributed by atoms with Gasteiger partial charge in [0.25, 0.3) is 11.1 Å². The van der Waals surface area contributed by atoms with Crippen LogP contribution in [-0.2, 0) is 11.0 Å². The summed E-state index contributed by atoms with van der Waals surface area (Å²) >= 11 is 0.687. The van der Waals surface area contributed by atoms with Crippen molar-refractivity contribution in [2.24, 2.45) is 0 Å². The fourth-order valence-electron chi connectivity index (χ4n) is 2.60. The number of carbonyl (C=O) groups excluding carboxylic acids is 2. The lowest BCUT2D eigenvalue weighted by molar-refractivity contribution is -0.137. The van der Waals surface area contributed by atoms with Crippen LogP contribution in [0.25, 0.3) is 6.08 Å². The molecule has 9 heteroatoms. The number of anilines is 1. The Labute approximate surface area is 140 Å². The van der Waals surface area contributed by atoms with Crippen LogP contribution in [0.4, 0.5) is 23.7 Å². The molecule has 1 aromatic rings. The monoisotopic (exact) mass is 357 g/mol. The minimum absolute atomic E-state index is 0.0932. The van der Waals surface area contributed by atoms with Crippen LogP contribution >= 0.6 is 11.8 Å². The van der Waals surface area contributed by atoms with Crippen LogP contribution in [-0.4, -0.2) is 37.3 Å². The number of rotatable bonds is 2. The summed E-state index contributed by atoms with van der Waals surface area (Å²) in [5.74, 6) is -0.589. The zero-order valence-electron chi connectivity index (χ0n) is 12.4. The fourth-order valence-corrected chi connectivity index (χ4v) is 3.28. The molecular weight excluding hydrogens is 343 g/mol. The quantitative estimate of drug-likeness (QED) is 0.796. The fraction of sp³-hybridized carbons (Fsp3) is 0.333. The van der Waals surface area contributed by atoms with Crippen LogP contribution in [0, 0.1) is 0 Å². The van der Waals surface area contributed by atoms with E-state index in [1.54, 1.807) is 0 Å². The average molecular weight is 357 g/mol. The molecule has 0 unspecified atom stereocenters. The number of hydrogen-bond acceptors (Lipinski definition) is 5. The topological polar surface area (TPSA) is 61.4 Å². The van der Waals surface area contributed by atoms with Gasteiger partial charge in [0.2, 0.25) is 0 Å². The number of carbonyl (C=O) groups is 2. The highest BCUT2D eigenvalue weighted by Crippen LogP contribution is 2.35. The van der Waals surface area contributed by atoms with Gasteiger partial charge >= 0.3 is 6.18 Å². The molecule has 2 amide bonds. The van der Waals surface area contributed by atoms with Crippen molar-refractivity contribution in [3.63, 3.8) is 0 Å². The second-order valence-electron chi connectivity index (χ2n) is 5.36. The Morgan fingerprint density at radius 3 is 2.46 bits per heavy atom. The highest BCUT2D eigenvalue weighted by Gasteiger charge is 2.32. The summed E-state index contributed by atoms with van der Waals surface area (Å²) in [5, 5.41) is 4.75. The number of nitrogens with one attached hydrogen (secondary N) is 2. The molecule has 24 heavy (non-hydrogen) atoms. The van der Waals surface area contributed by atoms with Gasteiger partial charge in [-0.1, -0.05) is 0 Å². The van der Waals surface area contributed by atoms with E-state index in [-0.39, 0.29) is 10.5 Å². The zero-order valence-corrected chi connectivity index (χ0v) is 13.3. The number of halogens is 3. The number of nitrogens with zero attached hydrogens (tertiary/aromatic N) is 1. The SMILES string of the molecule is O=C1NC(=O)/C(=C\c2cc(C(F)(F)F)ccc2N2CCNCC2)S1. The molecule has 2 saturated heterocycles. The van der Waals surface area contributed by atoms with Crippen molar-refractivity contribution < 1.29 is 22.8 Å². The Bertz CT molecular complexity index is 712. The Kier molecular flexibility index (Phi) is 4.55. The van der Waals surface area contributed by atoms with Crippen LogP contribution in [0.5, 0.6) is 0 Å². The number of alkyl halides is 3. The van der Waals surface area contributed by atoms with E-state index in [9.17, 15) is 22.8 Å². The first-order valence-corrected chi connectivity index (χ1v) is 8.08. The molecule has 128 valence electrons. The van der Waals surface area contributed by atoms with Crippen LogP contribution in [0.15, 0.2) is 23.1 Å². The molecule has 2 aliphatic heterocycles.